The van der Waals surface area contributed by atoms with Gasteiger partial charge in [0, 0.05) is 24.8 Å². The predicted octanol–water partition coefficient (Wildman–Crippen LogP) is 2.84. The smallest absolute Gasteiger partial charge is 0.260 e. The van der Waals surface area contributed by atoms with Crippen molar-refractivity contribution < 1.29 is 9.53 Å². The monoisotopic (exact) mass is 389 g/mol. The summed E-state index contributed by atoms with van der Waals surface area (Å²) < 4.78 is 7.29. The van der Waals surface area contributed by atoms with Gasteiger partial charge in [-0.05, 0) is 43.5 Å². The van der Waals surface area contributed by atoms with Crippen LogP contribution in [0.3, 0.4) is 0 Å². The number of anilines is 2. The lowest BCUT2D eigenvalue weighted by Crippen LogP contribution is -2.38. The number of para-hydroxylation sites is 1. The molecule has 0 bridgehead atoms. The summed E-state index contributed by atoms with van der Waals surface area (Å²) in [6.45, 7) is 2.75. The molecule has 0 spiro atoms. The zero-order valence-electron chi connectivity index (χ0n) is 16.2. The molecular formula is C22H23N5O2. The van der Waals surface area contributed by atoms with Gasteiger partial charge in [0.2, 0.25) is 0 Å². The second-order valence-electron chi connectivity index (χ2n) is 7.30. The Hall–Kier alpha value is -3.19. The lowest BCUT2D eigenvalue weighted by Gasteiger charge is -2.29. The third kappa shape index (κ3) is 3.38. The van der Waals surface area contributed by atoms with Crippen molar-refractivity contribution in [2.45, 2.75) is 19.3 Å². The van der Waals surface area contributed by atoms with Crippen LogP contribution in [0.4, 0.5) is 11.6 Å². The molecule has 1 aromatic carbocycles. The van der Waals surface area contributed by atoms with Gasteiger partial charge in [-0.25, -0.2) is 9.67 Å². The molecule has 0 unspecified atom stereocenters. The first-order chi connectivity index (χ1) is 14.3. The third-order valence-electron chi connectivity index (χ3n) is 5.48. The fourth-order valence-corrected chi connectivity index (χ4v) is 4.05. The van der Waals surface area contributed by atoms with Gasteiger partial charge in [-0.1, -0.05) is 18.2 Å². The summed E-state index contributed by atoms with van der Waals surface area (Å²) in [5.74, 6) is 1.31. The number of morpholine rings is 1. The molecule has 2 aromatic heterocycles. The fraction of sp³-hybridized carbons (Fsp3) is 0.318. The van der Waals surface area contributed by atoms with E-state index in [0.717, 1.165) is 55.1 Å². The number of nitrogens with one attached hydrogen (secondary N) is 1. The van der Waals surface area contributed by atoms with E-state index in [2.05, 4.69) is 15.2 Å². The van der Waals surface area contributed by atoms with Crippen LogP contribution in [0, 0.1) is 0 Å². The van der Waals surface area contributed by atoms with Crippen LogP contribution in [-0.2, 0) is 17.6 Å². The number of aromatic nitrogens is 3. The molecule has 1 fully saturated rings. The van der Waals surface area contributed by atoms with Crippen molar-refractivity contribution in [3.63, 3.8) is 0 Å². The minimum Gasteiger partial charge on any atom is -0.378 e. The Morgan fingerprint density at radius 2 is 1.86 bits per heavy atom. The van der Waals surface area contributed by atoms with E-state index in [1.165, 1.54) is 0 Å². The van der Waals surface area contributed by atoms with E-state index in [1.807, 2.05) is 41.1 Å². The van der Waals surface area contributed by atoms with Crippen LogP contribution >= 0.6 is 0 Å². The average Bonchev–Trinajstić information content (AvgIpc) is 3.37. The molecule has 7 heteroatoms. The number of carbonyl (C=O) groups excluding carboxylic acids is 1. The molecule has 1 amide bonds. The van der Waals surface area contributed by atoms with Gasteiger partial charge in [0.25, 0.3) is 5.91 Å². The molecular weight excluding hydrogens is 366 g/mol. The maximum Gasteiger partial charge on any atom is 0.260 e. The molecule has 7 nitrogen and oxygen atoms in total. The SMILES string of the molecule is O=C(Nc1c2c(nn1-c1ccccc1)CCC2)c1cccnc1N1CCOCC1. The number of carbonyl (C=O) groups is 1. The number of ether oxygens (including phenoxy) is 1. The molecule has 1 aliphatic carbocycles. The van der Waals surface area contributed by atoms with E-state index >= 15 is 0 Å². The molecule has 3 heterocycles. The van der Waals surface area contributed by atoms with Crippen LogP contribution in [0.1, 0.15) is 28.0 Å². The van der Waals surface area contributed by atoms with Crippen molar-refractivity contribution in [3.05, 3.63) is 65.5 Å². The fourth-order valence-electron chi connectivity index (χ4n) is 4.05. The molecule has 0 saturated carbocycles. The van der Waals surface area contributed by atoms with Crippen LogP contribution < -0.4 is 10.2 Å². The molecule has 1 N–H and O–H groups in total. The zero-order valence-corrected chi connectivity index (χ0v) is 16.2. The van der Waals surface area contributed by atoms with Gasteiger partial charge in [0.1, 0.15) is 11.6 Å². The number of hydrogen-bond donors (Lipinski definition) is 1. The Morgan fingerprint density at radius 3 is 2.69 bits per heavy atom. The number of fused-ring (bicyclic) bond motifs is 1. The highest BCUT2D eigenvalue weighted by molar-refractivity contribution is 6.07. The third-order valence-corrected chi connectivity index (χ3v) is 5.48. The van der Waals surface area contributed by atoms with Gasteiger partial charge in [0.15, 0.2) is 0 Å². The van der Waals surface area contributed by atoms with Gasteiger partial charge in [-0.2, -0.15) is 5.10 Å². The highest BCUT2D eigenvalue weighted by Crippen LogP contribution is 2.31. The van der Waals surface area contributed by atoms with Crippen molar-refractivity contribution >= 4 is 17.5 Å². The van der Waals surface area contributed by atoms with E-state index in [9.17, 15) is 4.79 Å². The number of aryl methyl sites for hydroxylation is 1. The van der Waals surface area contributed by atoms with Crippen molar-refractivity contribution in [2.24, 2.45) is 0 Å². The highest BCUT2D eigenvalue weighted by Gasteiger charge is 2.26. The number of benzene rings is 1. The van der Waals surface area contributed by atoms with Crippen molar-refractivity contribution in [3.8, 4) is 5.69 Å². The number of amides is 1. The van der Waals surface area contributed by atoms with Gasteiger partial charge in [0.05, 0.1) is 30.2 Å². The van der Waals surface area contributed by atoms with Crippen LogP contribution in [0.15, 0.2) is 48.7 Å². The normalized spacial score (nSPS) is 15.9. The van der Waals surface area contributed by atoms with Crippen LogP contribution in [0.25, 0.3) is 5.69 Å². The first-order valence-electron chi connectivity index (χ1n) is 10.1. The molecule has 1 aliphatic heterocycles. The standard InChI is InChI=1S/C22H23N5O2/c28-22(18-9-5-11-23-20(18)26-12-14-29-15-13-26)24-21-17-8-4-10-19(17)25-27(21)16-6-2-1-3-7-16/h1-3,5-7,9,11H,4,8,10,12-15H2,(H,24,28). The molecule has 1 saturated heterocycles. The van der Waals surface area contributed by atoms with E-state index in [1.54, 1.807) is 12.3 Å². The number of nitrogens with zero attached hydrogens (tertiary/aromatic N) is 4. The van der Waals surface area contributed by atoms with Gasteiger partial charge < -0.3 is 15.0 Å². The summed E-state index contributed by atoms with van der Waals surface area (Å²) in [5, 5.41) is 7.93. The van der Waals surface area contributed by atoms with Crippen LogP contribution in [0.2, 0.25) is 0 Å². The first-order valence-corrected chi connectivity index (χ1v) is 10.1. The predicted molar refractivity (Wildman–Crippen MR) is 111 cm³/mol. The maximum atomic E-state index is 13.3. The average molecular weight is 389 g/mol. The minimum atomic E-state index is -0.161. The van der Waals surface area contributed by atoms with Crippen LogP contribution in [0.5, 0.6) is 0 Å². The molecule has 148 valence electrons. The number of pyridine rings is 1. The molecule has 0 radical (unpaired) electrons. The van der Waals surface area contributed by atoms with Crippen molar-refractivity contribution in [1.82, 2.24) is 14.8 Å². The van der Waals surface area contributed by atoms with Gasteiger partial charge in [-0.15, -0.1) is 0 Å². The molecule has 3 aromatic rings. The van der Waals surface area contributed by atoms with E-state index in [0.29, 0.717) is 24.6 Å². The van der Waals surface area contributed by atoms with E-state index in [-0.39, 0.29) is 5.91 Å². The largest absolute Gasteiger partial charge is 0.378 e. The Kier molecular flexibility index (Phi) is 4.73. The number of hydrogen-bond acceptors (Lipinski definition) is 5. The quantitative estimate of drug-likeness (QED) is 0.743. The summed E-state index contributed by atoms with van der Waals surface area (Å²) in [5.41, 5.74) is 3.72. The zero-order chi connectivity index (χ0) is 19.6. The molecule has 5 rings (SSSR count). The van der Waals surface area contributed by atoms with E-state index in [4.69, 9.17) is 9.84 Å². The number of rotatable bonds is 4. The summed E-state index contributed by atoms with van der Waals surface area (Å²) in [4.78, 5) is 19.9. The first kappa shape index (κ1) is 17.9. The lowest BCUT2D eigenvalue weighted by molar-refractivity contribution is 0.102. The molecule has 29 heavy (non-hydrogen) atoms. The Balaban J connectivity index is 1.50. The van der Waals surface area contributed by atoms with Crippen LogP contribution in [-0.4, -0.2) is 47.0 Å². The van der Waals surface area contributed by atoms with Gasteiger partial charge in [-0.3, -0.25) is 4.79 Å². The molecule has 2 aliphatic rings. The highest BCUT2D eigenvalue weighted by atomic mass is 16.5. The molecule has 0 atom stereocenters. The van der Waals surface area contributed by atoms with Crippen molar-refractivity contribution in [1.29, 1.82) is 0 Å². The summed E-state index contributed by atoms with van der Waals surface area (Å²) >= 11 is 0. The Morgan fingerprint density at radius 1 is 1.03 bits per heavy atom. The van der Waals surface area contributed by atoms with E-state index < -0.39 is 0 Å². The summed E-state index contributed by atoms with van der Waals surface area (Å²) in [6.07, 6.45) is 4.68. The minimum absolute atomic E-state index is 0.161. The summed E-state index contributed by atoms with van der Waals surface area (Å²) in [6, 6.07) is 13.6. The maximum absolute atomic E-state index is 13.3. The second kappa shape index (κ2) is 7.67. The summed E-state index contributed by atoms with van der Waals surface area (Å²) in [7, 11) is 0. The lowest BCUT2D eigenvalue weighted by atomic mass is 10.2. The van der Waals surface area contributed by atoms with Gasteiger partial charge >= 0.3 is 0 Å². The van der Waals surface area contributed by atoms with Crippen molar-refractivity contribution in [2.75, 3.05) is 36.5 Å². The Bertz CT molecular complexity index is 1020. The second-order valence-corrected chi connectivity index (χ2v) is 7.30. The topological polar surface area (TPSA) is 72.3 Å². The Labute approximate surface area is 169 Å².